The Bertz CT molecular complexity index is 371. The molecule has 2 nitrogen and oxygen atoms in total. The number of ketones is 1. The fourth-order valence-electron chi connectivity index (χ4n) is 1.12. The number of benzene rings is 1. The van der Waals surface area contributed by atoms with Gasteiger partial charge in [-0.1, -0.05) is 12.1 Å². The largest absolute Gasteiger partial charge is 0.357 e. The summed E-state index contributed by atoms with van der Waals surface area (Å²) in [5.41, 5.74) is 1.00. The zero-order valence-electron chi connectivity index (χ0n) is 8.17. The number of hydrogen-bond donors (Lipinski definition) is 1. The van der Waals surface area contributed by atoms with Crippen molar-refractivity contribution in [2.45, 2.75) is 13.8 Å². The summed E-state index contributed by atoms with van der Waals surface area (Å²) in [4.78, 5) is 10.7. The van der Waals surface area contributed by atoms with Gasteiger partial charge < -0.3 is 5.32 Å². The zero-order valence-corrected chi connectivity index (χ0v) is 8.17. The van der Waals surface area contributed by atoms with Crippen molar-refractivity contribution >= 4 is 11.5 Å². The second-order valence-electron chi connectivity index (χ2n) is 3.04. The van der Waals surface area contributed by atoms with Crippen molar-refractivity contribution < 1.29 is 9.18 Å². The lowest BCUT2D eigenvalue weighted by Gasteiger charge is -2.06. The standard InChI is InChI=1S/C11H12FNO/c1-8(7-9(2)14)13-11-6-4-3-5-10(11)12/h3-7,13H,1-2H3/b8-7-. The number of carbonyl (C=O) groups is 1. The van der Waals surface area contributed by atoms with Gasteiger partial charge in [-0.15, -0.1) is 0 Å². The van der Waals surface area contributed by atoms with E-state index in [2.05, 4.69) is 5.32 Å². The summed E-state index contributed by atoms with van der Waals surface area (Å²) >= 11 is 0. The molecule has 0 saturated carbocycles. The number of hydrogen-bond acceptors (Lipinski definition) is 2. The summed E-state index contributed by atoms with van der Waals surface area (Å²) < 4.78 is 13.1. The molecule has 1 N–H and O–H groups in total. The van der Waals surface area contributed by atoms with E-state index in [0.29, 0.717) is 11.4 Å². The number of carbonyl (C=O) groups excluding carboxylic acids is 1. The van der Waals surface area contributed by atoms with Crippen LogP contribution in [0.3, 0.4) is 0 Å². The molecule has 0 bridgehead atoms. The Morgan fingerprint density at radius 3 is 2.57 bits per heavy atom. The minimum Gasteiger partial charge on any atom is -0.357 e. The molecule has 1 rings (SSSR count). The van der Waals surface area contributed by atoms with Gasteiger partial charge in [0.15, 0.2) is 5.78 Å². The van der Waals surface area contributed by atoms with Crippen LogP contribution < -0.4 is 5.32 Å². The Morgan fingerprint density at radius 1 is 1.36 bits per heavy atom. The molecule has 0 unspecified atom stereocenters. The molecule has 0 heterocycles. The van der Waals surface area contributed by atoms with Crippen LogP contribution in [0, 0.1) is 5.82 Å². The molecular weight excluding hydrogens is 181 g/mol. The van der Waals surface area contributed by atoms with Gasteiger partial charge in [-0.25, -0.2) is 4.39 Å². The van der Waals surface area contributed by atoms with Crippen LogP contribution in [0.1, 0.15) is 13.8 Å². The first-order valence-electron chi connectivity index (χ1n) is 4.30. The average Bonchev–Trinajstić information content (AvgIpc) is 2.07. The molecule has 0 radical (unpaired) electrons. The Kier molecular flexibility index (Phi) is 3.40. The third kappa shape index (κ3) is 3.01. The van der Waals surface area contributed by atoms with Crippen LogP contribution in [0.2, 0.25) is 0 Å². The summed E-state index contributed by atoms with van der Waals surface area (Å²) in [6, 6.07) is 6.33. The number of anilines is 1. The second kappa shape index (κ2) is 4.56. The van der Waals surface area contributed by atoms with E-state index in [1.807, 2.05) is 0 Å². The molecular formula is C11H12FNO. The number of halogens is 1. The van der Waals surface area contributed by atoms with Crippen LogP contribution in [0.15, 0.2) is 36.0 Å². The molecule has 74 valence electrons. The first kappa shape index (κ1) is 10.4. The molecule has 1 aromatic carbocycles. The first-order valence-corrected chi connectivity index (χ1v) is 4.30. The monoisotopic (exact) mass is 193 g/mol. The second-order valence-corrected chi connectivity index (χ2v) is 3.04. The van der Waals surface area contributed by atoms with Gasteiger partial charge in [-0.3, -0.25) is 4.79 Å². The van der Waals surface area contributed by atoms with E-state index in [-0.39, 0.29) is 11.6 Å². The number of para-hydroxylation sites is 1. The predicted octanol–water partition coefficient (Wildman–Crippen LogP) is 2.73. The van der Waals surface area contributed by atoms with Crippen LogP contribution in [0.4, 0.5) is 10.1 Å². The van der Waals surface area contributed by atoms with Crippen LogP contribution in [0.25, 0.3) is 0 Å². The third-order valence-corrected chi connectivity index (χ3v) is 1.63. The van der Waals surface area contributed by atoms with E-state index >= 15 is 0 Å². The number of rotatable bonds is 3. The number of nitrogens with one attached hydrogen (secondary N) is 1. The Hall–Kier alpha value is -1.64. The molecule has 0 aliphatic carbocycles. The van der Waals surface area contributed by atoms with Crippen molar-refractivity contribution in [2.75, 3.05) is 5.32 Å². The Labute approximate surface area is 82.4 Å². The SMILES string of the molecule is CC(=O)/C=C(/C)Nc1ccccc1F. The lowest BCUT2D eigenvalue weighted by atomic mass is 10.3. The van der Waals surface area contributed by atoms with Gasteiger partial charge in [0, 0.05) is 5.70 Å². The first-order chi connectivity index (χ1) is 6.59. The fourth-order valence-corrected chi connectivity index (χ4v) is 1.12. The Balaban J connectivity index is 2.79. The summed E-state index contributed by atoms with van der Waals surface area (Å²) in [5.74, 6) is -0.393. The quantitative estimate of drug-likeness (QED) is 0.748. The molecule has 3 heteroatoms. The van der Waals surface area contributed by atoms with Crippen molar-refractivity contribution in [1.82, 2.24) is 0 Å². The lowest BCUT2D eigenvalue weighted by Crippen LogP contribution is -1.99. The predicted molar refractivity (Wildman–Crippen MR) is 54.5 cm³/mol. The summed E-state index contributed by atoms with van der Waals surface area (Å²) in [7, 11) is 0. The molecule has 0 aliphatic heterocycles. The van der Waals surface area contributed by atoms with Crippen molar-refractivity contribution in [3.05, 3.63) is 41.9 Å². The van der Waals surface area contributed by atoms with E-state index in [9.17, 15) is 9.18 Å². The fraction of sp³-hybridized carbons (Fsp3) is 0.182. The van der Waals surface area contributed by atoms with Gasteiger partial charge in [-0.2, -0.15) is 0 Å². The molecule has 0 fully saturated rings. The molecule has 0 aromatic heterocycles. The van der Waals surface area contributed by atoms with Crippen molar-refractivity contribution in [3.8, 4) is 0 Å². The molecule has 14 heavy (non-hydrogen) atoms. The molecule has 1 aromatic rings. The van der Waals surface area contributed by atoms with E-state index in [4.69, 9.17) is 0 Å². The summed E-state index contributed by atoms with van der Waals surface area (Å²) in [6.45, 7) is 3.17. The van der Waals surface area contributed by atoms with E-state index < -0.39 is 0 Å². The maximum atomic E-state index is 13.1. The maximum Gasteiger partial charge on any atom is 0.154 e. The lowest BCUT2D eigenvalue weighted by molar-refractivity contribution is -0.112. The van der Waals surface area contributed by atoms with Gasteiger partial charge in [-0.05, 0) is 32.1 Å². The van der Waals surface area contributed by atoms with Crippen molar-refractivity contribution in [1.29, 1.82) is 0 Å². The van der Waals surface area contributed by atoms with Gasteiger partial charge in [0.05, 0.1) is 5.69 Å². The average molecular weight is 193 g/mol. The van der Waals surface area contributed by atoms with Crippen LogP contribution in [-0.4, -0.2) is 5.78 Å². The molecule has 0 spiro atoms. The molecule has 0 amide bonds. The molecule has 0 aliphatic rings. The Morgan fingerprint density at radius 2 is 2.00 bits per heavy atom. The molecule has 0 saturated heterocycles. The minimum absolute atomic E-state index is 0.0636. The van der Waals surface area contributed by atoms with E-state index in [1.165, 1.54) is 19.1 Å². The molecule has 0 atom stereocenters. The van der Waals surface area contributed by atoms with Crippen LogP contribution in [0.5, 0.6) is 0 Å². The van der Waals surface area contributed by atoms with Crippen molar-refractivity contribution in [3.63, 3.8) is 0 Å². The number of allylic oxidation sites excluding steroid dienone is 2. The van der Waals surface area contributed by atoms with Crippen LogP contribution >= 0.6 is 0 Å². The third-order valence-electron chi connectivity index (χ3n) is 1.63. The highest BCUT2D eigenvalue weighted by Crippen LogP contribution is 2.14. The van der Waals surface area contributed by atoms with Crippen LogP contribution in [-0.2, 0) is 4.79 Å². The van der Waals surface area contributed by atoms with Gasteiger partial charge in [0.1, 0.15) is 5.82 Å². The highest BCUT2D eigenvalue weighted by Gasteiger charge is 1.99. The highest BCUT2D eigenvalue weighted by molar-refractivity contribution is 5.88. The van der Waals surface area contributed by atoms with Gasteiger partial charge in [0.25, 0.3) is 0 Å². The minimum atomic E-state index is -0.330. The van der Waals surface area contributed by atoms with E-state index in [1.54, 1.807) is 25.1 Å². The van der Waals surface area contributed by atoms with Gasteiger partial charge >= 0.3 is 0 Å². The summed E-state index contributed by atoms with van der Waals surface area (Å²) in [5, 5.41) is 2.81. The van der Waals surface area contributed by atoms with Gasteiger partial charge in [0.2, 0.25) is 0 Å². The normalized spacial score (nSPS) is 11.2. The summed E-state index contributed by atoms with van der Waals surface area (Å²) in [6.07, 6.45) is 1.42. The zero-order chi connectivity index (χ0) is 10.6. The maximum absolute atomic E-state index is 13.1. The van der Waals surface area contributed by atoms with Crippen molar-refractivity contribution in [2.24, 2.45) is 0 Å². The highest BCUT2D eigenvalue weighted by atomic mass is 19.1. The smallest absolute Gasteiger partial charge is 0.154 e. The van der Waals surface area contributed by atoms with E-state index in [0.717, 1.165) is 0 Å². The topological polar surface area (TPSA) is 29.1 Å².